The second kappa shape index (κ2) is 5.57. The summed E-state index contributed by atoms with van der Waals surface area (Å²) in [7, 11) is -1.70. The van der Waals surface area contributed by atoms with Gasteiger partial charge in [-0.05, 0) is 37.8 Å². The van der Waals surface area contributed by atoms with Crippen LogP contribution in [0.2, 0.25) is 0 Å². The number of aromatic carboxylic acids is 1. The molecule has 0 radical (unpaired) electrons. The third-order valence-electron chi connectivity index (χ3n) is 5.30. The molecule has 0 aliphatic heterocycles. The fourth-order valence-electron chi connectivity index (χ4n) is 3.38. The molecule has 138 valence electrons. The lowest BCUT2D eigenvalue weighted by Gasteiger charge is -2.18. The van der Waals surface area contributed by atoms with Crippen LogP contribution in [-0.2, 0) is 16.9 Å². The number of aryl methyl sites for hydroxylation is 1. The highest BCUT2D eigenvalue weighted by Crippen LogP contribution is 2.50. The molecule has 1 heterocycles. The first-order valence-electron chi connectivity index (χ1n) is 8.49. The van der Waals surface area contributed by atoms with E-state index < -0.39 is 26.1 Å². The number of ether oxygens (including phenoxy) is 1. The van der Waals surface area contributed by atoms with Crippen LogP contribution in [0, 0.1) is 0 Å². The van der Waals surface area contributed by atoms with Gasteiger partial charge in [-0.25, -0.2) is 13.2 Å². The summed E-state index contributed by atoms with van der Waals surface area (Å²) in [5, 5.41) is 9.49. The Balaban J connectivity index is 1.71. The summed E-state index contributed by atoms with van der Waals surface area (Å²) < 4.78 is 31.5. The lowest BCUT2D eigenvalue weighted by Crippen LogP contribution is -2.33. The van der Waals surface area contributed by atoms with Gasteiger partial charge in [0.25, 0.3) is 5.56 Å². The molecule has 0 bridgehead atoms. The third-order valence-corrected chi connectivity index (χ3v) is 8.38. The van der Waals surface area contributed by atoms with Crippen molar-refractivity contribution in [1.82, 2.24) is 4.57 Å². The van der Waals surface area contributed by atoms with E-state index >= 15 is 0 Å². The number of hydrogen-bond acceptors (Lipinski definition) is 5. The molecule has 1 aromatic carbocycles. The molecule has 2 aliphatic rings. The molecule has 0 spiro atoms. The monoisotopic (exact) mass is 377 g/mol. The molecule has 8 heteroatoms. The van der Waals surface area contributed by atoms with Crippen molar-refractivity contribution < 1.29 is 23.1 Å². The molecule has 0 atom stereocenters. The first-order chi connectivity index (χ1) is 12.3. The number of hydrogen-bond donors (Lipinski definition) is 1. The zero-order valence-electron chi connectivity index (χ0n) is 14.3. The van der Waals surface area contributed by atoms with E-state index in [2.05, 4.69) is 0 Å². The molecular weight excluding hydrogens is 358 g/mol. The van der Waals surface area contributed by atoms with Crippen LogP contribution in [0.1, 0.15) is 36.0 Å². The SMILES string of the molecule is Cn1c(=O)c(C(=O)O)cc2cccc(OCC3(S(=O)(=O)C4CC4)CC3)c21. The van der Waals surface area contributed by atoms with Crippen LogP contribution in [0.3, 0.4) is 0 Å². The average molecular weight is 377 g/mol. The van der Waals surface area contributed by atoms with Crippen molar-refractivity contribution in [2.75, 3.05) is 6.61 Å². The zero-order valence-corrected chi connectivity index (χ0v) is 15.1. The Labute approximate surface area is 150 Å². The number of rotatable bonds is 6. The van der Waals surface area contributed by atoms with Gasteiger partial charge in [0.05, 0.1) is 10.8 Å². The van der Waals surface area contributed by atoms with Crippen LogP contribution in [0.4, 0.5) is 0 Å². The van der Waals surface area contributed by atoms with Crippen molar-refractivity contribution in [3.63, 3.8) is 0 Å². The Hall–Kier alpha value is -2.35. The number of carboxylic acids is 1. The highest BCUT2D eigenvalue weighted by molar-refractivity contribution is 7.94. The van der Waals surface area contributed by atoms with Crippen LogP contribution in [-0.4, -0.2) is 40.7 Å². The van der Waals surface area contributed by atoms with Gasteiger partial charge in [0, 0.05) is 12.4 Å². The minimum atomic E-state index is -3.19. The van der Waals surface area contributed by atoms with E-state index in [9.17, 15) is 23.1 Å². The first kappa shape index (κ1) is 17.1. The molecule has 2 aromatic rings. The fourth-order valence-corrected chi connectivity index (χ4v) is 5.73. The summed E-state index contributed by atoms with van der Waals surface area (Å²) >= 11 is 0. The minimum Gasteiger partial charge on any atom is -0.490 e. The average Bonchev–Trinajstić information content (AvgIpc) is 3.47. The summed E-state index contributed by atoms with van der Waals surface area (Å²) in [6, 6.07) is 6.38. The van der Waals surface area contributed by atoms with Crippen molar-refractivity contribution in [3.05, 3.63) is 40.2 Å². The second-order valence-corrected chi connectivity index (χ2v) is 9.76. The Bertz CT molecular complexity index is 1080. The summed E-state index contributed by atoms with van der Waals surface area (Å²) in [6.45, 7) is 0.0554. The number of nitrogens with zero attached hydrogens (tertiary/aromatic N) is 1. The summed E-state index contributed by atoms with van der Waals surface area (Å²) in [5.41, 5.74) is -0.484. The van der Waals surface area contributed by atoms with Crippen LogP contribution in [0.5, 0.6) is 5.75 Å². The Kier molecular flexibility index (Phi) is 3.66. The van der Waals surface area contributed by atoms with Crippen molar-refractivity contribution in [1.29, 1.82) is 0 Å². The van der Waals surface area contributed by atoms with E-state index in [0.717, 1.165) is 12.8 Å². The third kappa shape index (κ3) is 2.51. The van der Waals surface area contributed by atoms with Gasteiger partial charge in [-0.15, -0.1) is 0 Å². The number of aromatic nitrogens is 1. The number of sulfone groups is 1. The van der Waals surface area contributed by atoms with Crippen molar-refractivity contribution in [3.8, 4) is 5.75 Å². The van der Waals surface area contributed by atoms with Crippen LogP contribution < -0.4 is 10.3 Å². The van der Waals surface area contributed by atoms with E-state index in [1.807, 2.05) is 0 Å². The molecule has 1 aromatic heterocycles. The number of carbonyl (C=O) groups is 1. The molecule has 2 fully saturated rings. The first-order valence-corrected chi connectivity index (χ1v) is 10.0. The Morgan fingerprint density at radius 3 is 2.62 bits per heavy atom. The number of para-hydroxylation sites is 1. The number of fused-ring (bicyclic) bond motifs is 1. The normalized spacial score (nSPS) is 18.7. The molecule has 0 saturated heterocycles. The standard InChI is InChI=1S/C18H19NO6S/c1-19-15-11(9-13(16(19)20)17(21)22)3-2-4-14(15)25-10-18(7-8-18)26(23,24)12-5-6-12/h2-4,9,12H,5-8,10H2,1H3,(H,21,22). The van der Waals surface area contributed by atoms with E-state index in [4.69, 9.17) is 4.74 Å². The smallest absolute Gasteiger partial charge is 0.341 e. The van der Waals surface area contributed by atoms with Gasteiger partial charge in [-0.2, -0.15) is 0 Å². The molecule has 7 nitrogen and oxygen atoms in total. The molecule has 0 amide bonds. The second-order valence-electron chi connectivity index (χ2n) is 7.14. The lowest BCUT2D eigenvalue weighted by molar-refractivity contribution is 0.0694. The molecule has 0 unspecified atom stereocenters. The quantitative estimate of drug-likeness (QED) is 0.822. The van der Waals surface area contributed by atoms with Crippen LogP contribution in [0.25, 0.3) is 10.9 Å². The van der Waals surface area contributed by atoms with Gasteiger partial charge in [0.1, 0.15) is 22.7 Å². The van der Waals surface area contributed by atoms with Crippen LogP contribution in [0.15, 0.2) is 29.1 Å². The molecule has 26 heavy (non-hydrogen) atoms. The predicted molar refractivity (Wildman–Crippen MR) is 95.6 cm³/mol. The van der Waals surface area contributed by atoms with Gasteiger partial charge in [0.2, 0.25) is 0 Å². The fraction of sp³-hybridized carbons (Fsp3) is 0.444. The van der Waals surface area contributed by atoms with E-state index in [0.29, 0.717) is 29.5 Å². The largest absolute Gasteiger partial charge is 0.490 e. The molecule has 2 saturated carbocycles. The zero-order chi connectivity index (χ0) is 18.7. The van der Waals surface area contributed by atoms with Gasteiger partial charge < -0.3 is 14.4 Å². The van der Waals surface area contributed by atoms with Gasteiger partial charge >= 0.3 is 5.97 Å². The number of carboxylic acid groups (broad SMARTS) is 1. The topological polar surface area (TPSA) is 103 Å². The van der Waals surface area contributed by atoms with Gasteiger partial charge in [0.15, 0.2) is 9.84 Å². The maximum Gasteiger partial charge on any atom is 0.341 e. The summed E-state index contributed by atoms with van der Waals surface area (Å²) in [6.07, 6.45) is 2.65. The summed E-state index contributed by atoms with van der Waals surface area (Å²) in [5.74, 6) is -0.900. The van der Waals surface area contributed by atoms with Crippen molar-refractivity contribution in [2.45, 2.75) is 35.7 Å². The van der Waals surface area contributed by atoms with Gasteiger partial charge in [-0.1, -0.05) is 12.1 Å². The lowest BCUT2D eigenvalue weighted by atomic mass is 10.1. The number of benzene rings is 1. The minimum absolute atomic E-state index is 0.0554. The molecule has 4 rings (SSSR count). The Morgan fingerprint density at radius 2 is 2.04 bits per heavy atom. The van der Waals surface area contributed by atoms with Crippen molar-refractivity contribution >= 4 is 26.7 Å². The molecule has 1 N–H and O–H groups in total. The summed E-state index contributed by atoms with van der Waals surface area (Å²) in [4.78, 5) is 23.5. The van der Waals surface area contributed by atoms with Crippen LogP contribution >= 0.6 is 0 Å². The maximum absolute atomic E-state index is 12.6. The highest BCUT2D eigenvalue weighted by atomic mass is 32.2. The maximum atomic E-state index is 12.6. The van der Waals surface area contributed by atoms with E-state index in [-0.39, 0.29) is 17.4 Å². The van der Waals surface area contributed by atoms with Crippen molar-refractivity contribution in [2.24, 2.45) is 7.05 Å². The Morgan fingerprint density at radius 1 is 1.35 bits per heavy atom. The highest BCUT2D eigenvalue weighted by Gasteiger charge is 2.60. The molecular formula is C18H19NO6S. The van der Waals surface area contributed by atoms with E-state index in [1.54, 1.807) is 18.2 Å². The number of pyridine rings is 1. The van der Waals surface area contributed by atoms with Gasteiger partial charge in [-0.3, -0.25) is 4.79 Å². The van der Waals surface area contributed by atoms with E-state index in [1.165, 1.54) is 17.7 Å². The predicted octanol–water partition coefficient (Wildman–Crippen LogP) is 1.73. The molecule has 2 aliphatic carbocycles.